The summed E-state index contributed by atoms with van der Waals surface area (Å²) in [6.07, 6.45) is 3.36. The first-order chi connectivity index (χ1) is 11.6. The van der Waals surface area contributed by atoms with E-state index in [4.69, 9.17) is 16.3 Å². The molecule has 1 aromatic carbocycles. The molecule has 0 unspecified atom stereocenters. The maximum absolute atomic E-state index is 12.0. The number of aliphatic imine (C=N–C) groups is 2. The summed E-state index contributed by atoms with van der Waals surface area (Å²) in [7, 11) is 3.39. The lowest BCUT2D eigenvalue weighted by Crippen LogP contribution is -2.42. The van der Waals surface area contributed by atoms with Crippen LogP contribution in [0.2, 0.25) is 0 Å². The van der Waals surface area contributed by atoms with E-state index in [9.17, 15) is 4.79 Å². The van der Waals surface area contributed by atoms with Crippen LogP contribution < -0.4 is 4.74 Å². The Balaban J connectivity index is 2.26. The highest BCUT2D eigenvalue weighted by atomic mass is 35.5. The number of carbonyl (C=O) groups is 1. The van der Waals surface area contributed by atoms with E-state index in [1.807, 2.05) is 35.4 Å². The molecular weight excluding hydrogens is 348 g/mol. The van der Waals surface area contributed by atoms with Crippen molar-refractivity contribution in [2.75, 3.05) is 27.1 Å². The van der Waals surface area contributed by atoms with Gasteiger partial charge in [-0.15, -0.1) is 0 Å². The van der Waals surface area contributed by atoms with E-state index in [-0.39, 0.29) is 5.91 Å². The zero-order valence-corrected chi connectivity index (χ0v) is 15.3. The molecule has 6 nitrogen and oxygen atoms in total. The fraction of sp³-hybridized carbons (Fsp3) is 0.312. The number of amides is 1. The van der Waals surface area contributed by atoms with Crippen molar-refractivity contribution >= 4 is 40.1 Å². The minimum absolute atomic E-state index is 0.0879. The molecule has 0 bridgehead atoms. The number of amidine groups is 1. The van der Waals surface area contributed by atoms with Crippen molar-refractivity contribution in [2.45, 2.75) is 6.54 Å². The number of nitrogens with zero attached hydrogens (tertiary/aromatic N) is 4. The number of benzene rings is 1. The summed E-state index contributed by atoms with van der Waals surface area (Å²) in [5.74, 6) is 1.29. The predicted molar refractivity (Wildman–Crippen MR) is 99.6 cm³/mol. The van der Waals surface area contributed by atoms with Gasteiger partial charge in [0.05, 0.1) is 19.5 Å². The number of hydrogen-bond donors (Lipinski definition) is 0. The number of carbonyl (C=O) groups excluding carboxylic acids is 1. The molecule has 1 aromatic rings. The average molecular weight is 367 g/mol. The molecule has 1 aliphatic rings. The van der Waals surface area contributed by atoms with Crippen molar-refractivity contribution in [3.05, 3.63) is 41.7 Å². The molecule has 1 aliphatic heterocycles. The molecule has 1 heterocycles. The number of hydrogen-bond acceptors (Lipinski definition) is 5. The number of rotatable bonds is 4. The van der Waals surface area contributed by atoms with Crippen molar-refractivity contribution in [2.24, 2.45) is 9.98 Å². The third-order valence-electron chi connectivity index (χ3n) is 3.42. The van der Waals surface area contributed by atoms with Gasteiger partial charge in [-0.05, 0) is 24.0 Å². The fourth-order valence-electron chi connectivity index (χ4n) is 2.16. The summed E-state index contributed by atoms with van der Waals surface area (Å²) in [5.41, 5.74) is 2.26. The van der Waals surface area contributed by atoms with E-state index in [2.05, 4.69) is 9.98 Å². The van der Waals surface area contributed by atoms with E-state index in [0.29, 0.717) is 24.2 Å². The van der Waals surface area contributed by atoms with Crippen LogP contribution in [-0.2, 0) is 11.3 Å². The Kier molecular flexibility index (Phi) is 6.69. The largest absolute Gasteiger partial charge is 0.497 e. The summed E-state index contributed by atoms with van der Waals surface area (Å²) in [6, 6.07) is 7.80. The summed E-state index contributed by atoms with van der Waals surface area (Å²) >= 11 is 6.90. The van der Waals surface area contributed by atoms with Crippen LogP contribution in [0.25, 0.3) is 0 Å². The summed E-state index contributed by atoms with van der Waals surface area (Å²) in [4.78, 5) is 24.1. The van der Waals surface area contributed by atoms with Gasteiger partial charge in [-0.1, -0.05) is 35.5 Å². The second kappa shape index (κ2) is 8.75. The fourth-order valence-corrected chi connectivity index (χ4v) is 2.66. The first kappa shape index (κ1) is 18.4. The zero-order valence-electron chi connectivity index (χ0n) is 13.8. The summed E-state index contributed by atoms with van der Waals surface area (Å²) in [6.45, 7) is 1.07. The third-order valence-corrected chi connectivity index (χ3v) is 4.08. The molecule has 0 fully saturated rings. The molecule has 0 radical (unpaired) electrons. The van der Waals surface area contributed by atoms with Crippen molar-refractivity contribution in [3.8, 4) is 5.75 Å². The quantitative estimate of drug-likeness (QED) is 0.607. The van der Waals surface area contributed by atoms with Crippen LogP contribution in [0.4, 0.5) is 0 Å². The highest BCUT2D eigenvalue weighted by molar-refractivity contribution is 8.13. The molecule has 128 valence electrons. The van der Waals surface area contributed by atoms with Gasteiger partial charge in [0, 0.05) is 19.7 Å². The van der Waals surface area contributed by atoms with Crippen LogP contribution in [0.15, 0.2) is 46.1 Å². The first-order valence-electron chi connectivity index (χ1n) is 7.17. The summed E-state index contributed by atoms with van der Waals surface area (Å²) < 4.78 is 5.17. The molecule has 0 saturated carbocycles. The molecule has 0 saturated heterocycles. The maximum atomic E-state index is 12.0. The lowest BCUT2D eigenvalue weighted by molar-refractivity contribution is -0.127. The molecule has 0 N–H and O–H groups in total. The van der Waals surface area contributed by atoms with Gasteiger partial charge in [-0.2, -0.15) is 0 Å². The van der Waals surface area contributed by atoms with Gasteiger partial charge in [0.25, 0.3) is 5.91 Å². The van der Waals surface area contributed by atoms with Crippen LogP contribution in [0.3, 0.4) is 0 Å². The lowest BCUT2D eigenvalue weighted by Gasteiger charge is -2.33. The monoisotopic (exact) mass is 366 g/mol. The molecule has 0 aromatic heterocycles. The lowest BCUT2D eigenvalue weighted by atomic mass is 10.2. The van der Waals surface area contributed by atoms with Crippen molar-refractivity contribution in [1.82, 2.24) is 9.80 Å². The van der Waals surface area contributed by atoms with Gasteiger partial charge >= 0.3 is 0 Å². The van der Waals surface area contributed by atoms with Crippen LogP contribution >= 0.6 is 23.4 Å². The standard InChI is InChI=1S/C16H19ClN4O2S/c1-20-11-21(9-12-4-6-13(23-2)7-5-12)14(8-15(20)22)19-16(24-3)18-10-17/h4-8,10H,9,11H2,1-3H3. The van der Waals surface area contributed by atoms with Crippen LogP contribution in [0.5, 0.6) is 5.75 Å². The molecule has 0 aliphatic carbocycles. The first-order valence-corrected chi connectivity index (χ1v) is 8.83. The second-order valence-electron chi connectivity index (χ2n) is 5.05. The molecule has 0 spiro atoms. The SMILES string of the molecule is COc1ccc(CN2CN(C)C(=O)C=C2N=C(N=CCl)SC)cc1. The Morgan fingerprint density at radius 3 is 2.71 bits per heavy atom. The van der Waals surface area contributed by atoms with E-state index >= 15 is 0 Å². The minimum Gasteiger partial charge on any atom is -0.497 e. The average Bonchev–Trinajstić information content (AvgIpc) is 2.59. The molecule has 8 heteroatoms. The molecule has 1 amide bonds. The Bertz CT molecular complexity index is 673. The highest BCUT2D eigenvalue weighted by Gasteiger charge is 2.22. The molecule has 2 rings (SSSR count). The number of likely N-dealkylation sites (N-methyl/N-ethyl adjacent to an activating group) is 1. The van der Waals surface area contributed by atoms with Crippen LogP contribution in [0.1, 0.15) is 5.56 Å². The second-order valence-corrected chi connectivity index (χ2v) is 6.02. The molecular formula is C16H19ClN4O2S. The molecule has 0 atom stereocenters. The van der Waals surface area contributed by atoms with E-state index in [0.717, 1.165) is 11.3 Å². The van der Waals surface area contributed by atoms with E-state index in [1.54, 1.807) is 19.1 Å². The van der Waals surface area contributed by atoms with Crippen molar-refractivity contribution in [3.63, 3.8) is 0 Å². The third kappa shape index (κ3) is 4.75. The van der Waals surface area contributed by atoms with Crippen molar-refractivity contribution < 1.29 is 9.53 Å². The van der Waals surface area contributed by atoms with E-state index in [1.165, 1.54) is 23.5 Å². The van der Waals surface area contributed by atoms with Crippen LogP contribution in [-0.4, -0.2) is 53.6 Å². The van der Waals surface area contributed by atoms with Gasteiger partial charge in [0.2, 0.25) is 0 Å². The Morgan fingerprint density at radius 1 is 1.42 bits per heavy atom. The summed E-state index contributed by atoms with van der Waals surface area (Å²) in [5, 5.41) is 0.494. The van der Waals surface area contributed by atoms with Gasteiger partial charge < -0.3 is 14.5 Å². The highest BCUT2D eigenvalue weighted by Crippen LogP contribution is 2.20. The maximum Gasteiger partial charge on any atom is 0.251 e. The van der Waals surface area contributed by atoms with Gasteiger partial charge in [0.15, 0.2) is 5.17 Å². The normalized spacial score (nSPS) is 15.9. The van der Waals surface area contributed by atoms with Gasteiger partial charge in [-0.25, -0.2) is 9.98 Å². The van der Waals surface area contributed by atoms with Gasteiger partial charge in [0.1, 0.15) is 11.6 Å². The number of thioether (sulfide) groups is 1. The minimum atomic E-state index is -0.0879. The number of ether oxygens (including phenoxy) is 1. The number of halogens is 1. The van der Waals surface area contributed by atoms with Crippen molar-refractivity contribution in [1.29, 1.82) is 0 Å². The zero-order chi connectivity index (χ0) is 17.5. The Labute approximate surface area is 150 Å². The van der Waals surface area contributed by atoms with Gasteiger partial charge in [-0.3, -0.25) is 4.79 Å². The topological polar surface area (TPSA) is 57.5 Å². The number of methoxy groups -OCH3 is 1. The predicted octanol–water partition coefficient (Wildman–Crippen LogP) is 2.75. The molecule has 24 heavy (non-hydrogen) atoms. The van der Waals surface area contributed by atoms with Crippen LogP contribution in [0, 0.1) is 0 Å². The Morgan fingerprint density at radius 2 is 2.12 bits per heavy atom. The van der Waals surface area contributed by atoms with E-state index < -0.39 is 0 Å². The Hall–Kier alpha value is -1.99. The smallest absolute Gasteiger partial charge is 0.251 e.